The van der Waals surface area contributed by atoms with Crippen LogP contribution in [0, 0.1) is 0 Å². The maximum Gasteiger partial charge on any atom is 0.279 e. The lowest BCUT2D eigenvalue weighted by Crippen LogP contribution is -2.23. The predicted molar refractivity (Wildman–Crippen MR) is 94.2 cm³/mol. The van der Waals surface area contributed by atoms with Gasteiger partial charge in [0, 0.05) is 27.3 Å². The number of aromatic hydroxyl groups is 1. The maximum atomic E-state index is 12.6. The molecule has 0 aliphatic carbocycles. The SMILES string of the molecule is CC(C)n1c(O)c(C2=c3cc(Br)ccc3=NC2=O)c2cccnc21. The summed E-state index contributed by atoms with van der Waals surface area (Å²) in [6, 6.07) is 9.17. The lowest BCUT2D eigenvalue weighted by atomic mass is 10.0. The molecule has 1 aliphatic rings. The molecule has 0 atom stereocenters. The molecule has 1 N–H and O–H groups in total. The van der Waals surface area contributed by atoms with Crippen LogP contribution >= 0.6 is 15.9 Å². The molecule has 3 heterocycles. The number of fused-ring (bicyclic) bond motifs is 2. The van der Waals surface area contributed by atoms with Crippen molar-refractivity contribution in [2.45, 2.75) is 19.9 Å². The van der Waals surface area contributed by atoms with Crippen molar-refractivity contribution in [1.82, 2.24) is 9.55 Å². The van der Waals surface area contributed by atoms with Gasteiger partial charge in [-0.25, -0.2) is 9.98 Å². The van der Waals surface area contributed by atoms with Crippen molar-refractivity contribution in [3.63, 3.8) is 0 Å². The first kappa shape index (κ1) is 15.1. The Morgan fingerprint density at radius 2 is 2.04 bits per heavy atom. The zero-order chi connectivity index (χ0) is 17.0. The highest BCUT2D eigenvalue weighted by atomic mass is 79.9. The van der Waals surface area contributed by atoms with Crippen molar-refractivity contribution in [1.29, 1.82) is 0 Å². The molecule has 0 saturated heterocycles. The summed E-state index contributed by atoms with van der Waals surface area (Å²) in [7, 11) is 0. The summed E-state index contributed by atoms with van der Waals surface area (Å²) < 4.78 is 2.59. The second-order valence-electron chi connectivity index (χ2n) is 5.99. The molecule has 6 heteroatoms. The molecule has 120 valence electrons. The number of rotatable bonds is 2. The third-order valence-corrected chi connectivity index (χ3v) is 4.66. The van der Waals surface area contributed by atoms with Crippen LogP contribution in [0.3, 0.4) is 0 Å². The van der Waals surface area contributed by atoms with Gasteiger partial charge in [0.25, 0.3) is 5.91 Å². The van der Waals surface area contributed by atoms with E-state index in [2.05, 4.69) is 25.9 Å². The fraction of sp³-hybridized carbons (Fsp3) is 0.167. The van der Waals surface area contributed by atoms with E-state index in [4.69, 9.17) is 0 Å². The second kappa shape index (κ2) is 5.27. The fourth-order valence-corrected chi connectivity index (χ4v) is 3.55. The molecular weight excluding hydrogens is 370 g/mol. The van der Waals surface area contributed by atoms with E-state index in [-0.39, 0.29) is 17.8 Å². The summed E-state index contributed by atoms with van der Waals surface area (Å²) in [4.78, 5) is 21.1. The Morgan fingerprint density at radius 3 is 2.79 bits per heavy atom. The molecule has 5 nitrogen and oxygen atoms in total. The van der Waals surface area contributed by atoms with E-state index in [0.717, 1.165) is 15.1 Å². The zero-order valence-electron chi connectivity index (χ0n) is 13.1. The van der Waals surface area contributed by atoms with Crippen molar-refractivity contribution in [3.8, 4) is 5.88 Å². The molecule has 1 aliphatic heterocycles. The van der Waals surface area contributed by atoms with Crippen LogP contribution in [0.1, 0.15) is 25.5 Å². The number of hydrogen-bond donors (Lipinski definition) is 1. The predicted octanol–water partition coefficient (Wildman–Crippen LogP) is 2.44. The second-order valence-corrected chi connectivity index (χ2v) is 6.91. The van der Waals surface area contributed by atoms with E-state index in [0.29, 0.717) is 22.1 Å². The van der Waals surface area contributed by atoms with E-state index in [9.17, 15) is 9.90 Å². The number of pyridine rings is 1. The summed E-state index contributed by atoms with van der Waals surface area (Å²) in [5, 5.41) is 12.9. The number of aromatic nitrogens is 2. The molecule has 0 fully saturated rings. The van der Waals surface area contributed by atoms with Crippen molar-refractivity contribution in [2.75, 3.05) is 0 Å². The van der Waals surface area contributed by atoms with Crippen LogP contribution in [-0.4, -0.2) is 20.6 Å². The largest absolute Gasteiger partial charge is 0.494 e. The van der Waals surface area contributed by atoms with E-state index in [1.165, 1.54) is 0 Å². The number of amides is 1. The molecule has 2 aromatic heterocycles. The molecular formula is C18H14BrN3O2. The third-order valence-electron chi connectivity index (χ3n) is 4.17. The lowest BCUT2D eigenvalue weighted by Gasteiger charge is -2.10. The fourth-order valence-electron chi connectivity index (χ4n) is 3.19. The van der Waals surface area contributed by atoms with Crippen molar-refractivity contribution < 1.29 is 9.90 Å². The Kier molecular flexibility index (Phi) is 3.31. The standard InChI is InChI=1S/C18H14BrN3O2/c1-9(2)22-16-11(4-3-7-20-16)15(18(22)24)14-12-8-10(19)5-6-13(12)21-17(14)23/h3-9,24H,1-2H3. The smallest absolute Gasteiger partial charge is 0.279 e. The van der Waals surface area contributed by atoms with Crippen LogP contribution in [0.2, 0.25) is 0 Å². The van der Waals surface area contributed by atoms with Gasteiger partial charge in [0.1, 0.15) is 5.65 Å². The maximum absolute atomic E-state index is 12.6. The molecule has 3 aromatic rings. The van der Waals surface area contributed by atoms with Gasteiger partial charge >= 0.3 is 0 Å². The molecule has 0 radical (unpaired) electrons. The average molecular weight is 384 g/mol. The molecule has 1 aromatic carbocycles. The van der Waals surface area contributed by atoms with Crippen molar-refractivity contribution >= 4 is 38.4 Å². The molecule has 0 bridgehead atoms. The molecule has 1 amide bonds. The van der Waals surface area contributed by atoms with Crippen LogP contribution in [0.5, 0.6) is 5.88 Å². The Morgan fingerprint density at radius 1 is 1.25 bits per heavy atom. The van der Waals surface area contributed by atoms with Gasteiger partial charge in [0.05, 0.1) is 16.5 Å². The minimum absolute atomic E-state index is 0.00664. The molecule has 4 rings (SSSR count). The minimum Gasteiger partial charge on any atom is -0.494 e. The van der Waals surface area contributed by atoms with Crippen molar-refractivity contribution in [2.24, 2.45) is 4.99 Å². The molecule has 0 saturated carbocycles. The van der Waals surface area contributed by atoms with Crippen LogP contribution < -0.4 is 10.6 Å². The normalized spacial score (nSPS) is 13.7. The van der Waals surface area contributed by atoms with Gasteiger partial charge in [0.2, 0.25) is 5.88 Å². The van der Waals surface area contributed by atoms with Crippen molar-refractivity contribution in [3.05, 3.63) is 57.1 Å². The first-order valence-corrected chi connectivity index (χ1v) is 8.39. The average Bonchev–Trinajstić information content (AvgIpc) is 3.00. The highest BCUT2D eigenvalue weighted by Gasteiger charge is 2.28. The minimum atomic E-state index is -0.343. The Bertz CT molecular complexity index is 1130. The quantitative estimate of drug-likeness (QED) is 0.738. The van der Waals surface area contributed by atoms with E-state index in [1.54, 1.807) is 22.9 Å². The Hall–Kier alpha value is -2.47. The van der Waals surface area contributed by atoms with E-state index >= 15 is 0 Å². The highest BCUT2D eigenvalue weighted by Crippen LogP contribution is 2.37. The van der Waals surface area contributed by atoms with Gasteiger partial charge in [-0.15, -0.1) is 0 Å². The van der Waals surface area contributed by atoms with Crippen LogP contribution in [-0.2, 0) is 4.79 Å². The van der Waals surface area contributed by atoms with Gasteiger partial charge < -0.3 is 5.11 Å². The van der Waals surface area contributed by atoms with Gasteiger partial charge in [-0.1, -0.05) is 15.9 Å². The Labute approximate surface area is 146 Å². The summed E-state index contributed by atoms with van der Waals surface area (Å²) >= 11 is 3.44. The summed E-state index contributed by atoms with van der Waals surface area (Å²) in [5.74, 6) is -0.296. The van der Waals surface area contributed by atoms with Crippen LogP contribution in [0.15, 0.2) is 46.0 Å². The molecule has 24 heavy (non-hydrogen) atoms. The topological polar surface area (TPSA) is 67.5 Å². The number of carbonyl (C=O) groups excluding carboxylic acids is 1. The number of nitrogens with zero attached hydrogens (tertiary/aromatic N) is 3. The molecule has 0 unspecified atom stereocenters. The first-order chi connectivity index (χ1) is 11.5. The summed E-state index contributed by atoms with van der Waals surface area (Å²) in [5.41, 5.74) is 1.57. The number of benzene rings is 1. The monoisotopic (exact) mass is 383 g/mol. The number of halogens is 1. The van der Waals surface area contributed by atoms with Gasteiger partial charge in [0.15, 0.2) is 0 Å². The first-order valence-electron chi connectivity index (χ1n) is 7.60. The summed E-state index contributed by atoms with van der Waals surface area (Å²) in [6.45, 7) is 3.93. The summed E-state index contributed by atoms with van der Waals surface area (Å²) in [6.07, 6.45) is 1.68. The number of hydrogen-bond acceptors (Lipinski definition) is 3. The van der Waals surface area contributed by atoms with Gasteiger partial charge in [-0.2, -0.15) is 0 Å². The number of carbonyl (C=O) groups is 1. The van der Waals surface area contributed by atoms with E-state index < -0.39 is 0 Å². The van der Waals surface area contributed by atoms with Gasteiger partial charge in [-0.3, -0.25) is 9.36 Å². The zero-order valence-corrected chi connectivity index (χ0v) is 14.7. The van der Waals surface area contributed by atoms with E-state index in [1.807, 2.05) is 32.0 Å². The van der Waals surface area contributed by atoms with Gasteiger partial charge in [-0.05, 0) is 44.2 Å². The Balaban J connectivity index is 2.20. The molecule has 0 spiro atoms. The highest BCUT2D eigenvalue weighted by molar-refractivity contribution is 9.10. The van der Waals surface area contributed by atoms with Crippen LogP contribution in [0.25, 0.3) is 16.6 Å². The van der Waals surface area contributed by atoms with Crippen LogP contribution in [0.4, 0.5) is 0 Å². The lowest BCUT2D eigenvalue weighted by molar-refractivity contribution is -0.112. The third kappa shape index (κ3) is 2.03.